The highest BCUT2D eigenvalue weighted by Crippen LogP contribution is 2.77. The molecule has 2 aliphatic rings. The zero-order chi connectivity index (χ0) is 12.1. The van der Waals surface area contributed by atoms with Crippen molar-refractivity contribution in [3.63, 3.8) is 0 Å². The van der Waals surface area contributed by atoms with Crippen LogP contribution in [0.4, 0.5) is 0 Å². The Morgan fingerprint density at radius 3 is 1.94 bits per heavy atom. The molecule has 2 rings (SSSR count). The van der Waals surface area contributed by atoms with Gasteiger partial charge in [0, 0.05) is 6.42 Å². The lowest BCUT2D eigenvalue weighted by Gasteiger charge is -2.24. The van der Waals surface area contributed by atoms with E-state index in [0.29, 0.717) is 18.8 Å². The van der Waals surface area contributed by atoms with Crippen LogP contribution in [0.3, 0.4) is 0 Å². The third-order valence-electron chi connectivity index (χ3n) is 4.82. The predicted octanol–water partition coefficient (Wildman–Crippen LogP) is 1.99. The maximum Gasteiger partial charge on any atom is 0.310 e. The molecule has 0 heterocycles. The Bertz CT molecular complexity index is 351. The molecule has 4 atom stereocenters. The van der Waals surface area contributed by atoms with Gasteiger partial charge in [0.15, 0.2) is 0 Å². The van der Waals surface area contributed by atoms with Gasteiger partial charge >= 0.3 is 11.9 Å². The van der Waals surface area contributed by atoms with Gasteiger partial charge < -0.3 is 10.2 Å². The minimum Gasteiger partial charge on any atom is -0.481 e. The topological polar surface area (TPSA) is 74.6 Å². The molecule has 2 fully saturated rings. The zero-order valence-electron chi connectivity index (χ0n) is 9.69. The molecule has 0 aromatic rings. The Morgan fingerprint density at radius 1 is 1.19 bits per heavy atom. The first-order chi connectivity index (χ1) is 7.37. The number of aliphatic carboxylic acids is 2. The summed E-state index contributed by atoms with van der Waals surface area (Å²) in [5, 5.41) is 18.1. The van der Waals surface area contributed by atoms with E-state index in [2.05, 4.69) is 0 Å². The normalized spacial score (nSPS) is 45.1. The van der Waals surface area contributed by atoms with E-state index in [1.54, 1.807) is 0 Å². The lowest BCUT2D eigenvalue weighted by molar-refractivity contribution is -0.149. The molecule has 4 nitrogen and oxygen atoms in total. The van der Waals surface area contributed by atoms with Crippen LogP contribution in [0.25, 0.3) is 0 Å². The summed E-state index contributed by atoms with van der Waals surface area (Å²) >= 11 is 0. The summed E-state index contributed by atoms with van der Waals surface area (Å²) in [5.41, 5.74) is -0.863. The van der Waals surface area contributed by atoms with Gasteiger partial charge in [-0.3, -0.25) is 9.59 Å². The number of carboxylic acids is 2. The van der Waals surface area contributed by atoms with Gasteiger partial charge in [-0.2, -0.15) is 0 Å². The van der Waals surface area contributed by atoms with Crippen LogP contribution >= 0.6 is 0 Å². The van der Waals surface area contributed by atoms with Gasteiger partial charge in [0.1, 0.15) is 0 Å². The summed E-state index contributed by atoms with van der Waals surface area (Å²) in [7, 11) is 0. The van der Waals surface area contributed by atoms with Crippen molar-refractivity contribution in [3.05, 3.63) is 0 Å². The lowest BCUT2D eigenvalue weighted by Crippen LogP contribution is -2.30. The van der Waals surface area contributed by atoms with Crippen LogP contribution < -0.4 is 0 Å². The predicted molar refractivity (Wildman–Crippen MR) is 56.9 cm³/mol. The Hall–Kier alpha value is -1.06. The van der Waals surface area contributed by atoms with E-state index in [0.717, 1.165) is 6.42 Å². The first kappa shape index (κ1) is 11.4. The second-order valence-electron chi connectivity index (χ2n) is 5.54. The zero-order valence-corrected chi connectivity index (χ0v) is 9.69. The molecule has 0 radical (unpaired) electrons. The standard InChI is InChI=1S/C12H18O4/c1-7-5-11(7,4-3-9(13)14)12(10(15)16)6-8(12)2/h7-8H,3-6H2,1-2H3,(H,13,14)(H,15,16). The van der Waals surface area contributed by atoms with Crippen LogP contribution in [0, 0.1) is 22.7 Å². The highest BCUT2D eigenvalue weighted by Gasteiger charge is 2.76. The summed E-state index contributed by atoms with van der Waals surface area (Å²) in [6.07, 6.45) is 2.19. The molecule has 4 heteroatoms. The van der Waals surface area contributed by atoms with Crippen molar-refractivity contribution >= 4 is 11.9 Å². The van der Waals surface area contributed by atoms with E-state index in [-0.39, 0.29) is 17.8 Å². The van der Waals surface area contributed by atoms with Crippen LogP contribution in [0.5, 0.6) is 0 Å². The quantitative estimate of drug-likeness (QED) is 0.751. The molecule has 4 unspecified atom stereocenters. The van der Waals surface area contributed by atoms with Gasteiger partial charge in [-0.15, -0.1) is 0 Å². The van der Waals surface area contributed by atoms with Gasteiger partial charge in [0.2, 0.25) is 0 Å². The number of hydrogen-bond acceptors (Lipinski definition) is 2. The summed E-state index contributed by atoms with van der Waals surface area (Å²) in [6.45, 7) is 4.00. The minimum atomic E-state index is -0.827. The van der Waals surface area contributed by atoms with Crippen LogP contribution in [0.1, 0.15) is 39.5 Å². The lowest BCUT2D eigenvalue weighted by atomic mass is 9.78. The molecular weight excluding hydrogens is 208 g/mol. The van der Waals surface area contributed by atoms with Crippen molar-refractivity contribution in [1.29, 1.82) is 0 Å². The highest BCUT2D eigenvalue weighted by molar-refractivity contribution is 5.81. The van der Waals surface area contributed by atoms with Crippen LogP contribution in [-0.4, -0.2) is 22.2 Å². The Morgan fingerprint density at radius 2 is 1.69 bits per heavy atom. The second-order valence-corrected chi connectivity index (χ2v) is 5.54. The molecule has 0 aliphatic heterocycles. The fraction of sp³-hybridized carbons (Fsp3) is 0.833. The van der Waals surface area contributed by atoms with Crippen molar-refractivity contribution in [2.75, 3.05) is 0 Å². The van der Waals surface area contributed by atoms with Gasteiger partial charge in [-0.25, -0.2) is 0 Å². The third-order valence-corrected chi connectivity index (χ3v) is 4.82. The van der Waals surface area contributed by atoms with E-state index in [9.17, 15) is 14.7 Å². The van der Waals surface area contributed by atoms with Crippen LogP contribution in [0.15, 0.2) is 0 Å². The van der Waals surface area contributed by atoms with E-state index >= 15 is 0 Å². The molecule has 2 aliphatic carbocycles. The molecule has 0 bridgehead atoms. The third kappa shape index (κ3) is 1.28. The number of carboxylic acid groups (broad SMARTS) is 2. The molecule has 0 amide bonds. The summed E-state index contributed by atoms with van der Waals surface area (Å²) in [5.74, 6) is -1.00. The van der Waals surface area contributed by atoms with E-state index in [1.165, 1.54) is 0 Å². The van der Waals surface area contributed by atoms with Crippen LogP contribution in [-0.2, 0) is 9.59 Å². The Kier molecular flexibility index (Phi) is 2.30. The second kappa shape index (κ2) is 3.22. The largest absolute Gasteiger partial charge is 0.481 e. The van der Waals surface area contributed by atoms with E-state index in [4.69, 9.17) is 5.11 Å². The van der Waals surface area contributed by atoms with Gasteiger partial charge in [-0.1, -0.05) is 13.8 Å². The molecule has 0 aromatic carbocycles. The first-order valence-corrected chi connectivity index (χ1v) is 5.82. The molecule has 0 saturated heterocycles. The summed E-state index contributed by atoms with van der Waals surface area (Å²) in [6, 6.07) is 0. The van der Waals surface area contributed by atoms with Crippen molar-refractivity contribution < 1.29 is 19.8 Å². The first-order valence-electron chi connectivity index (χ1n) is 5.82. The van der Waals surface area contributed by atoms with Crippen molar-refractivity contribution in [2.45, 2.75) is 39.5 Å². The number of hydrogen-bond donors (Lipinski definition) is 2. The molecule has 0 aromatic heterocycles. The van der Waals surface area contributed by atoms with Crippen molar-refractivity contribution in [2.24, 2.45) is 22.7 Å². The smallest absolute Gasteiger partial charge is 0.310 e. The summed E-state index contributed by atoms with van der Waals surface area (Å²) in [4.78, 5) is 22.1. The van der Waals surface area contributed by atoms with Gasteiger partial charge in [-0.05, 0) is 36.5 Å². The van der Waals surface area contributed by atoms with Gasteiger partial charge in [0.25, 0.3) is 0 Å². The maximum absolute atomic E-state index is 11.4. The fourth-order valence-corrected chi connectivity index (χ4v) is 3.64. The van der Waals surface area contributed by atoms with E-state index in [1.807, 2.05) is 13.8 Å². The average Bonchev–Trinajstić information content (AvgIpc) is 3.01. The number of rotatable bonds is 5. The van der Waals surface area contributed by atoms with Gasteiger partial charge in [0.05, 0.1) is 5.41 Å². The average molecular weight is 226 g/mol. The maximum atomic E-state index is 11.4. The van der Waals surface area contributed by atoms with Crippen LogP contribution in [0.2, 0.25) is 0 Å². The highest BCUT2D eigenvalue weighted by atomic mass is 16.4. The Labute approximate surface area is 94.7 Å². The Balaban J connectivity index is 2.17. The fourth-order valence-electron chi connectivity index (χ4n) is 3.64. The molecule has 2 N–H and O–H groups in total. The minimum absolute atomic E-state index is 0.0894. The summed E-state index contributed by atoms with van der Waals surface area (Å²) < 4.78 is 0. The molecule has 90 valence electrons. The molecule has 16 heavy (non-hydrogen) atoms. The van der Waals surface area contributed by atoms with Crippen molar-refractivity contribution in [3.8, 4) is 0 Å². The monoisotopic (exact) mass is 226 g/mol. The van der Waals surface area contributed by atoms with E-state index < -0.39 is 17.4 Å². The number of carbonyl (C=O) groups is 2. The molecule has 2 saturated carbocycles. The molecular formula is C12H18O4. The SMILES string of the molecule is CC1CC1(CCC(=O)O)C1(C(=O)O)CC1C. The van der Waals surface area contributed by atoms with Crippen molar-refractivity contribution in [1.82, 2.24) is 0 Å². The molecule has 0 spiro atoms.